The van der Waals surface area contributed by atoms with E-state index in [0.717, 1.165) is 16.3 Å². The van der Waals surface area contributed by atoms with Crippen molar-refractivity contribution in [1.29, 1.82) is 0 Å². The number of rotatable bonds is 4. The Morgan fingerprint density at radius 1 is 1.32 bits per heavy atom. The molecule has 1 aromatic heterocycles. The molecule has 2 aromatic rings. The van der Waals surface area contributed by atoms with Gasteiger partial charge in [0.25, 0.3) is 0 Å². The summed E-state index contributed by atoms with van der Waals surface area (Å²) >= 11 is 1.61. The van der Waals surface area contributed by atoms with Gasteiger partial charge in [0.2, 0.25) is 5.91 Å². The molecule has 0 saturated heterocycles. The van der Waals surface area contributed by atoms with Crippen LogP contribution in [-0.4, -0.2) is 10.9 Å². The Morgan fingerprint density at radius 3 is 2.63 bits per heavy atom. The van der Waals surface area contributed by atoms with Crippen molar-refractivity contribution < 1.29 is 4.79 Å². The number of aryl methyl sites for hydroxylation is 1. The number of hydrogen-bond donors (Lipinski definition) is 1. The Morgan fingerprint density at radius 2 is 2.00 bits per heavy atom. The van der Waals surface area contributed by atoms with Crippen LogP contribution in [0.25, 0.3) is 10.6 Å². The van der Waals surface area contributed by atoms with Gasteiger partial charge in [0.1, 0.15) is 5.01 Å². The largest absolute Gasteiger partial charge is 0.350 e. The highest BCUT2D eigenvalue weighted by molar-refractivity contribution is 7.13. The van der Waals surface area contributed by atoms with E-state index in [1.165, 1.54) is 5.56 Å². The summed E-state index contributed by atoms with van der Waals surface area (Å²) in [6.45, 7) is 6.33. The highest BCUT2D eigenvalue weighted by Crippen LogP contribution is 2.23. The van der Waals surface area contributed by atoms with Gasteiger partial charge in [-0.05, 0) is 6.92 Å². The summed E-state index contributed by atoms with van der Waals surface area (Å²) in [5.41, 5.74) is 3.27. The van der Waals surface area contributed by atoms with Crippen molar-refractivity contribution in [2.75, 3.05) is 0 Å². The second-order valence-corrected chi connectivity index (χ2v) is 5.74. The summed E-state index contributed by atoms with van der Waals surface area (Å²) < 4.78 is 0. The highest BCUT2D eigenvalue weighted by atomic mass is 32.1. The Kier molecular flexibility index (Phi) is 4.32. The molecule has 1 heterocycles. The number of carbonyl (C=O) groups excluding carboxylic acids is 1. The summed E-state index contributed by atoms with van der Waals surface area (Å²) in [6, 6.07) is 8.31. The van der Waals surface area contributed by atoms with Crippen molar-refractivity contribution in [1.82, 2.24) is 10.3 Å². The van der Waals surface area contributed by atoms with E-state index in [1.54, 1.807) is 11.3 Å². The lowest BCUT2D eigenvalue weighted by Gasteiger charge is -2.05. The molecule has 0 unspecified atom stereocenters. The van der Waals surface area contributed by atoms with E-state index in [-0.39, 0.29) is 11.8 Å². The van der Waals surface area contributed by atoms with Crippen molar-refractivity contribution in [2.24, 2.45) is 5.92 Å². The van der Waals surface area contributed by atoms with E-state index < -0.39 is 0 Å². The van der Waals surface area contributed by atoms with Crippen molar-refractivity contribution in [3.05, 3.63) is 40.9 Å². The first-order chi connectivity index (χ1) is 9.06. The van der Waals surface area contributed by atoms with E-state index >= 15 is 0 Å². The number of aromatic nitrogens is 1. The Labute approximate surface area is 117 Å². The summed E-state index contributed by atoms with van der Waals surface area (Å²) in [5, 5.41) is 5.87. The third-order valence-electron chi connectivity index (χ3n) is 2.82. The maximum atomic E-state index is 11.5. The molecule has 0 fully saturated rings. The first-order valence-corrected chi connectivity index (χ1v) is 7.23. The summed E-state index contributed by atoms with van der Waals surface area (Å²) in [4.78, 5) is 16.0. The number of carbonyl (C=O) groups is 1. The Balaban J connectivity index is 2.03. The predicted octanol–water partition coefficient (Wildman–Crippen LogP) is 3.39. The van der Waals surface area contributed by atoms with Crippen LogP contribution in [0.5, 0.6) is 0 Å². The highest BCUT2D eigenvalue weighted by Gasteiger charge is 2.08. The number of benzene rings is 1. The van der Waals surface area contributed by atoms with Gasteiger partial charge in [0.15, 0.2) is 0 Å². The number of thiazole rings is 1. The van der Waals surface area contributed by atoms with Gasteiger partial charge in [-0.25, -0.2) is 4.98 Å². The lowest BCUT2D eigenvalue weighted by molar-refractivity contribution is -0.124. The van der Waals surface area contributed by atoms with Crippen LogP contribution in [0.2, 0.25) is 0 Å². The molecule has 1 N–H and O–H groups in total. The maximum Gasteiger partial charge on any atom is 0.222 e. The van der Waals surface area contributed by atoms with Gasteiger partial charge in [0.05, 0.1) is 12.2 Å². The molecule has 1 amide bonds. The molecule has 4 heteroatoms. The van der Waals surface area contributed by atoms with Crippen molar-refractivity contribution in [3.8, 4) is 10.6 Å². The van der Waals surface area contributed by atoms with Crippen molar-refractivity contribution in [2.45, 2.75) is 27.3 Å². The standard InChI is InChI=1S/C15H18N2OS/c1-10(2)14(18)16-8-13-9-19-15(17-13)12-6-4-11(3)5-7-12/h4-7,9-10H,8H2,1-3H3,(H,16,18). The minimum absolute atomic E-state index is 0.00945. The molecule has 0 aliphatic carbocycles. The van der Waals surface area contributed by atoms with Gasteiger partial charge in [-0.15, -0.1) is 11.3 Å². The lowest BCUT2D eigenvalue weighted by atomic mass is 10.2. The second kappa shape index (κ2) is 5.97. The van der Waals surface area contributed by atoms with E-state index in [4.69, 9.17) is 0 Å². The number of hydrogen-bond acceptors (Lipinski definition) is 3. The average Bonchev–Trinajstić information content (AvgIpc) is 2.85. The van der Waals surface area contributed by atoms with Gasteiger partial charge in [-0.1, -0.05) is 43.7 Å². The van der Waals surface area contributed by atoms with Crippen LogP contribution >= 0.6 is 11.3 Å². The average molecular weight is 274 g/mol. The molecule has 0 spiro atoms. The maximum absolute atomic E-state index is 11.5. The fraction of sp³-hybridized carbons (Fsp3) is 0.333. The fourth-order valence-corrected chi connectivity index (χ4v) is 2.42. The monoisotopic (exact) mass is 274 g/mol. The van der Waals surface area contributed by atoms with Gasteiger partial charge in [-0.3, -0.25) is 4.79 Å². The first-order valence-electron chi connectivity index (χ1n) is 6.35. The minimum Gasteiger partial charge on any atom is -0.350 e. The zero-order valence-electron chi connectivity index (χ0n) is 11.4. The van der Waals surface area contributed by atoms with Gasteiger partial charge in [-0.2, -0.15) is 0 Å². The normalized spacial score (nSPS) is 10.7. The van der Waals surface area contributed by atoms with Gasteiger partial charge in [0, 0.05) is 16.9 Å². The Hall–Kier alpha value is -1.68. The second-order valence-electron chi connectivity index (χ2n) is 4.88. The number of amides is 1. The van der Waals surface area contributed by atoms with Crippen LogP contribution in [0.1, 0.15) is 25.1 Å². The molecular formula is C15H18N2OS. The lowest BCUT2D eigenvalue weighted by Crippen LogP contribution is -2.27. The van der Waals surface area contributed by atoms with Crippen LogP contribution in [-0.2, 0) is 11.3 Å². The van der Waals surface area contributed by atoms with E-state index in [1.807, 2.05) is 19.2 Å². The molecule has 19 heavy (non-hydrogen) atoms. The van der Waals surface area contributed by atoms with Crippen LogP contribution in [0.15, 0.2) is 29.6 Å². The topological polar surface area (TPSA) is 42.0 Å². The molecule has 100 valence electrons. The van der Waals surface area contributed by atoms with E-state index in [2.05, 4.69) is 41.5 Å². The molecule has 1 aromatic carbocycles. The third kappa shape index (κ3) is 3.64. The summed E-state index contributed by atoms with van der Waals surface area (Å²) in [6.07, 6.45) is 0. The van der Waals surface area contributed by atoms with Crippen LogP contribution < -0.4 is 5.32 Å². The molecule has 0 radical (unpaired) electrons. The first kappa shape index (κ1) is 13.7. The Bertz CT molecular complexity index is 558. The number of nitrogens with one attached hydrogen (secondary N) is 1. The van der Waals surface area contributed by atoms with Crippen LogP contribution in [0, 0.1) is 12.8 Å². The molecule has 0 aliphatic rings. The molecule has 3 nitrogen and oxygen atoms in total. The van der Waals surface area contributed by atoms with Crippen molar-refractivity contribution in [3.63, 3.8) is 0 Å². The SMILES string of the molecule is Cc1ccc(-c2nc(CNC(=O)C(C)C)cs2)cc1. The van der Waals surface area contributed by atoms with Gasteiger partial charge >= 0.3 is 0 Å². The molecule has 0 saturated carbocycles. The van der Waals surface area contributed by atoms with Crippen LogP contribution in [0.3, 0.4) is 0 Å². The quantitative estimate of drug-likeness (QED) is 0.928. The van der Waals surface area contributed by atoms with E-state index in [0.29, 0.717) is 6.54 Å². The van der Waals surface area contributed by atoms with Crippen LogP contribution in [0.4, 0.5) is 0 Å². The summed E-state index contributed by atoms with van der Waals surface area (Å²) in [5.74, 6) is 0.0695. The zero-order chi connectivity index (χ0) is 13.8. The molecular weight excluding hydrogens is 256 g/mol. The van der Waals surface area contributed by atoms with Gasteiger partial charge < -0.3 is 5.32 Å². The molecule has 0 atom stereocenters. The van der Waals surface area contributed by atoms with E-state index in [9.17, 15) is 4.79 Å². The molecule has 2 rings (SSSR count). The van der Waals surface area contributed by atoms with Crippen molar-refractivity contribution >= 4 is 17.2 Å². The summed E-state index contributed by atoms with van der Waals surface area (Å²) in [7, 11) is 0. The third-order valence-corrected chi connectivity index (χ3v) is 3.76. The fourth-order valence-electron chi connectivity index (χ4n) is 1.60. The predicted molar refractivity (Wildman–Crippen MR) is 79.0 cm³/mol. The molecule has 0 aliphatic heterocycles. The minimum atomic E-state index is 0.00945. The smallest absolute Gasteiger partial charge is 0.222 e. The zero-order valence-corrected chi connectivity index (χ0v) is 12.3. The number of nitrogens with zero attached hydrogens (tertiary/aromatic N) is 1. The molecule has 0 bridgehead atoms.